The molecule has 8 heteroatoms. The maximum absolute atomic E-state index is 12.6. The van der Waals surface area contributed by atoms with Gasteiger partial charge >= 0.3 is 6.09 Å². The Morgan fingerprint density at radius 3 is 2.35 bits per heavy atom. The number of aromatic amines is 1. The van der Waals surface area contributed by atoms with E-state index in [-0.39, 0.29) is 12.1 Å². The highest BCUT2D eigenvalue weighted by atomic mass is 16.6. The molecule has 5 rings (SSSR count). The van der Waals surface area contributed by atoms with Crippen LogP contribution in [0.4, 0.5) is 4.79 Å². The van der Waals surface area contributed by atoms with Crippen molar-refractivity contribution >= 4 is 17.0 Å². The van der Waals surface area contributed by atoms with Gasteiger partial charge in [-0.1, -0.05) is 24.3 Å². The van der Waals surface area contributed by atoms with Crippen molar-refractivity contribution in [2.24, 2.45) is 0 Å². The smallest absolute Gasteiger partial charge is 0.414 e. The summed E-state index contributed by atoms with van der Waals surface area (Å²) < 4.78 is 11.2. The number of hydrogen-bond donors (Lipinski definition) is 3. The van der Waals surface area contributed by atoms with Gasteiger partial charge in [-0.2, -0.15) is 0 Å². The number of aliphatic hydroxyl groups excluding tert-OH is 1. The second-order valence-electron chi connectivity index (χ2n) is 10.1. The molecule has 8 nitrogen and oxygen atoms in total. The van der Waals surface area contributed by atoms with Gasteiger partial charge in [-0.25, -0.2) is 4.79 Å². The number of rotatable bonds is 8. The summed E-state index contributed by atoms with van der Waals surface area (Å²) in [6.07, 6.45) is 3.06. The molecule has 0 atom stereocenters. The van der Waals surface area contributed by atoms with Gasteiger partial charge < -0.3 is 34.7 Å². The minimum atomic E-state index is -0.417. The van der Waals surface area contributed by atoms with Crippen LogP contribution in [0, 0.1) is 0 Å². The zero-order valence-electron chi connectivity index (χ0n) is 21.6. The molecule has 2 aliphatic heterocycles. The van der Waals surface area contributed by atoms with Crippen molar-refractivity contribution in [3.8, 4) is 22.8 Å². The van der Waals surface area contributed by atoms with Crippen LogP contribution in [-0.4, -0.2) is 84.0 Å². The van der Waals surface area contributed by atoms with Crippen LogP contribution in [0.2, 0.25) is 0 Å². The van der Waals surface area contributed by atoms with Gasteiger partial charge in [0.1, 0.15) is 5.75 Å². The number of benzene rings is 2. The molecule has 2 fully saturated rings. The zero-order chi connectivity index (χ0) is 25.6. The molecule has 198 valence electrons. The number of carbonyl (C=O) groups is 1. The lowest BCUT2D eigenvalue weighted by Crippen LogP contribution is -2.47. The number of aromatic nitrogens is 1. The number of amides is 1. The molecule has 0 saturated carbocycles. The highest BCUT2D eigenvalue weighted by Crippen LogP contribution is 2.32. The predicted octanol–water partition coefficient (Wildman–Crippen LogP) is 4.24. The first kappa shape index (κ1) is 25.6. The second kappa shape index (κ2) is 12.0. The topological polar surface area (TPSA) is 90.1 Å². The molecule has 0 spiro atoms. The Balaban J connectivity index is 1.11. The average molecular weight is 507 g/mol. The van der Waals surface area contributed by atoms with E-state index in [1.165, 1.54) is 0 Å². The van der Waals surface area contributed by atoms with Gasteiger partial charge in [0.15, 0.2) is 0 Å². The number of fused-ring (bicyclic) bond motifs is 1. The number of likely N-dealkylation sites (tertiary alicyclic amines) is 2. The fraction of sp³-hybridized carbons (Fsp3) is 0.483. The Bertz CT molecular complexity index is 1160. The summed E-state index contributed by atoms with van der Waals surface area (Å²) in [4.78, 5) is 20.8. The Hall–Kier alpha value is -3.07. The molecule has 1 aromatic heterocycles. The van der Waals surface area contributed by atoms with E-state index in [1.54, 1.807) is 0 Å². The van der Waals surface area contributed by atoms with Crippen LogP contribution in [0.25, 0.3) is 22.0 Å². The molecule has 0 unspecified atom stereocenters. The Kier molecular flexibility index (Phi) is 8.28. The number of aliphatic hydroxyl groups is 1. The van der Waals surface area contributed by atoms with Gasteiger partial charge in [-0.15, -0.1) is 0 Å². The largest absolute Gasteiger partial charge is 0.494 e. The number of nitrogens with zero attached hydrogens (tertiary/aromatic N) is 2. The summed E-state index contributed by atoms with van der Waals surface area (Å²) in [5.74, 6) is 1.29. The Morgan fingerprint density at radius 2 is 1.68 bits per heavy atom. The summed E-state index contributed by atoms with van der Waals surface area (Å²) >= 11 is 0. The summed E-state index contributed by atoms with van der Waals surface area (Å²) in [6.45, 7) is 8.62. The number of H-pyrrole nitrogens is 1. The number of hydrogen-bond acceptors (Lipinski definition) is 6. The SMILES string of the molecule is CCOc1ccc(-c2cccc3[nH]c(OC(=O)NC4CCN(CCN5CCC(O)CC5)CC4)cc23)cc1. The van der Waals surface area contributed by atoms with Gasteiger partial charge in [-0.3, -0.25) is 0 Å². The van der Waals surface area contributed by atoms with E-state index in [9.17, 15) is 9.90 Å². The lowest BCUT2D eigenvalue weighted by Gasteiger charge is -2.35. The molecule has 1 amide bonds. The van der Waals surface area contributed by atoms with Crippen molar-refractivity contribution < 1.29 is 19.4 Å². The number of ether oxygens (including phenoxy) is 2. The third kappa shape index (κ3) is 6.63. The van der Waals surface area contributed by atoms with E-state index in [4.69, 9.17) is 9.47 Å². The van der Waals surface area contributed by atoms with Crippen LogP contribution in [0.15, 0.2) is 48.5 Å². The van der Waals surface area contributed by atoms with Gasteiger partial charge in [-0.05, 0) is 61.9 Å². The maximum atomic E-state index is 12.6. The summed E-state index contributed by atoms with van der Waals surface area (Å²) in [5, 5.41) is 13.7. The second-order valence-corrected chi connectivity index (χ2v) is 10.1. The molecule has 2 saturated heterocycles. The number of nitrogens with one attached hydrogen (secondary N) is 2. The normalized spacial score (nSPS) is 18.2. The first-order valence-corrected chi connectivity index (χ1v) is 13.5. The standard InChI is InChI=1S/C29H38N4O4/c1-2-36-24-8-6-21(7-9-24)25-4-3-5-27-26(25)20-28(31-27)37-29(35)30-22-10-14-32(15-11-22)18-19-33-16-12-23(34)13-17-33/h3-9,20,22-23,31,34H,2,10-19H2,1H3,(H,30,35). The molecule has 0 bridgehead atoms. The monoisotopic (exact) mass is 506 g/mol. The van der Waals surface area contributed by atoms with Gasteiger partial charge in [0.25, 0.3) is 0 Å². The Labute approximate surface area is 218 Å². The van der Waals surface area contributed by atoms with Crippen molar-refractivity contribution in [2.75, 3.05) is 45.9 Å². The zero-order valence-corrected chi connectivity index (χ0v) is 21.6. The van der Waals surface area contributed by atoms with Crippen LogP contribution in [0.1, 0.15) is 32.6 Å². The molecule has 3 aromatic rings. The molecule has 2 aromatic carbocycles. The molecule has 3 heterocycles. The van der Waals surface area contributed by atoms with Crippen LogP contribution in [0.3, 0.4) is 0 Å². The van der Waals surface area contributed by atoms with Crippen molar-refractivity contribution in [2.45, 2.75) is 44.8 Å². The first-order chi connectivity index (χ1) is 18.1. The van der Waals surface area contributed by atoms with E-state index in [2.05, 4.69) is 26.2 Å². The predicted molar refractivity (Wildman–Crippen MR) is 145 cm³/mol. The van der Waals surface area contributed by atoms with Crippen LogP contribution in [0.5, 0.6) is 11.6 Å². The van der Waals surface area contributed by atoms with E-state index in [0.29, 0.717) is 12.5 Å². The summed E-state index contributed by atoms with van der Waals surface area (Å²) in [7, 11) is 0. The first-order valence-electron chi connectivity index (χ1n) is 13.5. The van der Waals surface area contributed by atoms with Crippen LogP contribution in [-0.2, 0) is 0 Å². The lowest BCUT2D eigenvalue weighted by atomic mass is 10.0. The third-order valence-electron chi connectivity index (χ3n) is 7.52. The average Bonchev–Trinajstić information content (AvgIpc) is 3.32. The highest BCUT2D eigenvalue weighted by molar-refractivity contribution is 5.96. The molecule has 37 heavy (non-hydrogen) atoms. The van der Waals surface area contributed by atoms with E-state index < -0.39 is 6.09 Å². The minimum Gasteiger partial charge on any atom is -0.494 e. The van der Waals surface area contributed by atoms with Crippen molar-refractivity contribution in [1.82, 2.24) is 20.1 Å². The molecular weight excluding hydrogens is 468 g/mol. The van der Waals surface area contributed by atoms with Crippen molar-refractivity contribution in [1.29, 1.82) is 0 Å². The van der Waals surface area contributed by atoms with Gasteiger partial charge in [0, 0.05) is 62.3 Å². The fourth-order valence-corrected chi connectivity index (χ4v) is 5.36. The Morgan fingerprint density at radius 1 is 1.00 bits per heavy atom. The van der Waals surface area contributed by atoms with E-state index in [1.807, 2.05) is 49.4 Å². The molecular formula is C29H38N4O4. The summed E-state index contributed by atoms with van der Waals surface area (Å²) in [5.41, 5.74) is 3.07. The van der Waals surface area contributed by atoms with Crippen molar-refractivity contribution in [3.05, 3.63) is 48.5 Å². The van der Waals surface area contributed by atoms with E-state index in [0.717, 1.165) is 92.7 Å². The highest BCUT2D eigenvalue weighted by Gasteiger charge is 2.23. The molecule has 2 aliphatic rings. The van der Waals surface area contributed by atoms with Gasteiger partial charge in [0.05, 0.1) is 12.7 Å². The quantitative estimate of drug-likeness (QED) is 0.423. The minimum absolute atomic E-state index is 0.123. The lowest BCUT2D eigenvalue weighted by molar-refractivity contribution is 0.0739. The molecule has 3 N–H and O–H groups in total. The van der Waals surface area contributed by atoms with Crippen LogP contribution >= 0.6 is 0 Å². The maximum Gasteiger partial charge on any atom is 0.414 e. The number of carbonyl (C=O) groups excluding carboxylic acids is 1. The van der Waals surface area contributed by atoms with Crippen molar-refractivity contribution in [3.63, 3.8) is 0 Å². The molecule has 0 radical (unpaired) electrons. The van der Waals surface area contributed by atoms with E-state index >= 15 is 0 Å². The molecule has 0 aliphatic carbocycles. The third-order valence-corrected chi connectivity index (χ3v) is 7.52. The number of piperidine rings is 2. The fourth-order valence-electron chi connectivity index (χ4n) is 5.36. The summed E-state index contributed by atoms with van der Waals surface area (Å²) in [6, 6.07) is 16.1. The van der Waals surface area contributed by atoms with Gasteiger partial charge in [0.2, 0.25) is 5.88 Å². The van der Waals surface area contributed by atoms with Crippen LogP contribution < -0.4 is 14.8 Å².